The van der Waals surface area contributed by atoms with Crippen LogP contribution in [0, 0.1) is 0 Å². The summed E-state index contributed by atoms with van der Waals surface area (Å²) in [7, 11) is 0. The van der Waals surface area contributed by atoms with Crippen LogP contribution in [0.3, 0.4) is 0 Å². The van der Waals surface area contributed by atoms with Crippen LogP contribution in [0.15, 0.2) is 24.3 Å². The minimum absolute atomic E-state index is 0.0676. The number of carboxylic acids is 1. The van der Waals surface area contributed by atoms with Crippen molar-refractivity contribution in [1.29, 1.82) is 0 Å². The Balaban J connectivity index is 2.55. The number of carbonyl (C=O) groups is 3. The molecule has 0 bridgehead atoms. The molecule has 102 valence electrons. The molecule has 6 nitrogen and oxygen atoms in total. The minimum atomic E-state index is -1.06. The molecular weight excluding hydrogens is 252 g/mol. The van der Waals surface area contributed by atoms with E-state index in [0.717, 1.165) is 0 Å². The second-order valence-corrected chi connectivity index (χ2v) is 3.76. The van der Waals surface area contributed by atoms with Crippen molar-refractivity contribution in [3.63, 3.8) is 0 Å². The zero-order valence-electron chi connectivity index (χ0n) is 10.4. The van der Waals surface area contributed by atoms with E-state index in [1.807, 2.05) is 0 Å². The molecule has 0 fully saturated rings. The average Bonchev–Trinajstić information content (AvgIpc) is 2.34. The maximum Gasteiger partial charge on any atom is 0.308 e. The van der Waals surface area contributed by atoms with E-state index >= 15 is 0 Å². The Morgan fingerprint density at radius 1 is 1.16 bits per heavy atom. The van der Waals surface area contributed by atoms with Gasteiger partial charge >= 0.3 is 17.9 Å². The van der Waals surface area contributed by atoms with Crippen LogP contribution in [-0.2, 0) is 25.7 Å². The Morgan fingerprint density at radius 2 is 1.84 bits per heavy atom. The van der Waals surface area contributed by atoms with Crippen molar-refractivity contribution in [3.8, 4) is 5.75 Å². The van der Waals surface area contributed by atoms with Crippen molar-refractivity contribution >= 4 is 17.9 Å². The number of carboxylic acid groups (broad SMARTS) is 1. The third kappa shape index (κ3) is 5.67. The monoisotopic (exact) mass is 266 g/mol. The van der Waals surface area contributed by atoms with E-state index < -0.39 is 17.9 Å². The molecule has 0 aromatic heterocycles. The first kappa shape index (κ1) is 14.7. The molecule has 0 saturated heterocycles. The fourth-order valence-corrected chi connectivity index (χ4v) is 1.32. The predicted octanol–water partition coefficient (Wildman–Crippen LogP) is 1.52. The van der Waals surface area contributed by atoms with Gasteiger partial charge < -0.3 is 14.6 Å². The number of hydrogen-bond acceptors (Lipinski definition) is 5. The summed E-state index contributed by atoms with van der Waals surface area (Å²) in [6.07, 6.45) is -0.463. The Kier molecular flexibility index (Phi) is 5.53. The van der Waals surface area contributed by atoms with E-state index in [-0.39, 0.29) is 19.4 Å². The molecule has 0 aliphatic rings. The van der Waals surface area contributed by atoms with Crippen LogP contribution >= 0.6 is 0 Å². The molecule has 0 atom stereocenters. The molecular formula is C13H14O6. The molecule has 1 aromatic rings. The smallest absolute Gasteiger partial charge is 0.308 e. The topological polar surface area (TPSA) is 89.9 Å². The fraction of sp³-hybridized carbons (Fsp3) is 0.308. The zero-order valence-corrected chi connectivity index (χ0v) is 10.4. The Bertz CT molecular complexity index is 480. The molecule has 6 heteroatoms. The summed E-state index contributed by atoms with van der Waals surface area (Å²) < 4.78 is 9.86. The van der Waals surface area contributed by atoms with E-state index in [0.29, 0.717) is 11.3 Å². The lowest BCUT2D eigenvalue weighted by Gasteiger charge is -2.09. The Labute approximate surface area is 109 Å². The molecule has 0 aliphatic heterocycles. The summed E-state index contributed by atoms with van der Waals surface area (Å²) in [6, 6.07) is 6.64. The van der Waals surface area contributed by atoms with Gasteiger partial charge in [0.15, 0.2) is 0 Å². The van der Waals surface area contributed by atoms with Crippen LogP contribution in [0.5, 0.6) is 5.75 Å². The normalized spacial score (nSPS) is 9.74. The van der Waals surface area contributed by atoms with Gasteiger partial charge in [0.25, 0.3) is 0 Å². The summed E-state index contributed by atoms with van der Waals surface area (Å²) >= 11 is 0. The highest BCUT2D eigenvalue weighted by Gasteiger charge is 2.10. The average molecular weight is 266 g/mol. The molecule has 0 aliphatic carbocycles. The zero-order chi connectivity index (χ0) is 14.3. The first-order chi connectivity index (χ1) is 8.99. The van der Waals surface area contributed by atoms with Gasteiger partial charge in [0.1, 0.15) is 12.4 Å². The fourth-order valence-electron chi connectivity index (χ4n) is 1.32. The molecule has 1 N–H and O–H groups in total. The number of rotatable bonds is 6. The van der Waals surface area contributed by atoms with Crippen LogP contribution in [0.2, 0.25) is 0 Å². The first-order valence-corrected chi connectivity index (χ1v) is 5.63. The molecule has 1 rings (SSSR count). The van der Waals surface area contributed by atoms with Gasteiger partial charge in [-0.05, 0) is 6.07 Å². The van der Waals surface area contributed by atoms with Gasteiger partial charge in [-0.15, -0.1) is 0 Å². The summed E-state index contributed by atoms with van der Waals surface area (Å²) in [5, 5.41) is 8.43. The third-order valence-corrected chi connectivity index (χ3v) is 2.16. The van der Waals surface area contributed by atoms with Crippen molar-refractivity contribution in [2.75, 3.05) is 0 Å². The molecule has 1 aromatic carbocycles. The molecule has 19 heavy (non-hydrogen) atoms. The van der Waals surface area contributed by atoms with Gasteiger partial charge in [0, 0.05) is 12.5 Å². The minimum Gasteiger partial charge on any atom is -0.481 e. The maximum atomic E-state index is 11.3. The second kappa shape index (κ2) is 7.15. The van der Waals surface area contributed by atoms with E-state index in [1.165, 1.54) is 6.92 Å². The number of ether oxygens (including phenoxy) is 2. The molecule has 0 spiro atoms. The van der Waals surface area contributed by atoms with E-state index in [2.05, 4.69) is 0 Å². The van der Waals surface area contributed by atoms with Crippen LogP contribution in [0.1, 0.15) is 25.3 Å². The summed E-state index contributed by atoms with van der Waals surface area (Å²) in [4.78, 5) is 32.4. The van der Waals surface area contributed by atoms with Crippen molar-refractivity contribution in [1.82, 2.24) is 0 Å². The summed E-state index contributed by atoms with van der Waals surface area (Å²) in [6.45, 7) is 1.21. The second-order valence-electron chi connectivity index (χ2n) is 3.76. The lowest BCUT2D eigenvalue weighted by molar-refractivity contribution is -0.148. The lowest BCUT2D eigenvalue weighted by atomic mass is 10.2. The Morgan fingerprint density at radius 3 is 2.47 bits per heavy atom. The van der Waals surface area contributed by atoms with E-state index in [4.69, 9.17) is 14.6 Å². The maximum absolute atomic E-state index is 11.3. The summed E-state index contributed by atoms with van der Waals surface area (Å²) in [5.74, 6) is -1.82. The number of hydrogen-bond donors (Lipinski definition) is 1. The van der Waals surface area contributed by atoms with E-state index in [1.54, 1.807) is 24.3 Å². The van der Waals surface area contributed by atoms with Gasteiger partial charge in [0.2, 0.25) is 0 Å². The number of aliphatic carboxylic acids is 1. The third-order valence-electron chi connectivity index (χ3n) is 2.16. The first-order valence-electron chi connectivity index (χ1n) is 5.63. The molecule has 0 radical (unpaired) electrons. The van der Waals surface area contributed by atoms with Crippen molar-refractivity contribution < 1.29 is 29.0 Å². The van der Waals surface area contributed by atoms with Gasteiger partial charge in [-0.25, -0.2) is 0 Å². The number of benzene rings is 1. The van der Waals surface area contributed by atoms with E-state index in [9.17, 15) is 14.4 Å². The van der Waals surface area contributed by atoms with Crippen molar-refractivity contribution in [2.24, 2.45) is 0 Å². The molecule has 0 unspecified atom stereocenters. The number of para-hydroxylation sites is 1. The van der Waals surface area contributed by atoms with Gasteiger partial charge in [-0.1, -0.05) is 18.2 Å². The highest BCUT2D eigenvalue weighted by Crippen LogP contribution is 2.19. The molecule has 0 amide bonds. The molecule has 0 heterocycles. The van der Waals surface area contributed by atoms with Gasteiger partial charge in [0.05, 0.1) is 12.8 Å². The van der Waals surface area contributed by atoms with Crippen LogP contribution < -0.4 is 4.74 Å². The number of esters is 2. The Hall–Kier alpha value is -2.37. The quantitative estimate of drug-likeness (QED) is 0.620. The number of carbonyl (C=O) groups excluding carboxylic acids is 2. The predicted molar refractivity (Wildman–Crippen MR) is 64.4 cm³/mol. The lowest BCUT2D eigenvalue weighted by Crippen LogP contribution is -2.09. The van der Waals surface area contributed by atoms with Crippen molar-refractivity contribution in [2.45, 2.75) is 26.4 Å². The standard InChI is InChI=1S/C13H14O6/c1-9(14)19-11-5-3-2-4-10(11)8-18-13(17)7-6-12(15)16/h2-5H,6-8H2,1H3,(H,15,16). The van der Waals surface area contributed by atoms with Gasteiger partial charge in [-0.3, -0.25) is 14.4 Å². The van der Waals surface area contributed by atoms with Gasteiger partial charge in [-0.2, -0.15) is 0 Å². The molecule has 0 saturated carbocycles. The van der Waals surface area contributed by atoms with Crippen LogP contribution in [0.4, 0.5) is 0 Å². The highest BCUT2D eigenvalue weighted by atomic mass is 16.5. The van der Waals surface area contributed by atoms with Crippen LogP contribution in [0.25, 0.3) is 0 Å². The van der Waals surface area contributed by atoms with Crippen molar-refractivity contribution in [3.05, 3.63) is 29.8 Å². The van der Waals surface area contributed by atoms with Crippen LogP contribution in [-0.4, -0.2) is 23.0 Å². The highest BCUT2D eigenvalue weighted by molar-refractivity contribution is 5.76. The summed E-state index contributed by atoms with van der Waals surface area (Å²) in [5.41, 5.74) is 0.543. The largest absolute Gasteiger partial charge is 0.481 e. The SMILES string of the molecule is CC(=O)Oc1ccccc1COC(=O)CCC(=O)O.